The van der Waals surface area contributed by atoms with Gasteiger partial charge >= 0.3 is 0 Å². The van der Waals surface area contributed by atoms with Crippen LogP contribution in [0.3, 0.4) is 0 Å². The summed E-state index contributed by atoms with van der Waals surface area (Å²) >= 11 is 0. The second-order valence-electron chi connectivity index (χ2n) is 7.59. The fourth-order valence-corrected chi connectivity index (χ4v) is 5.10. The third-order valence-electron chi connectivity index (χ3n) is 5.56. The molecule has 9 nitrogen and oxygen atoms in total. The number of sulfonamides is 1. The molecule has 0 spiro atoms. The Balaban J connectivity index is 2.02. The minimum atomic E-state index is -3.70. The van der Waals surface area contributed by atoms with E-state index in [4.69, 9.17) is 0 Å². The first kappa shape index (κ1) is 22.2. The number of nitrogens with one attached hydrogen (secondary N) is 1. The molecule has 30 heavy (non-hydrogen) atoms. The zero-order chi connectivity index (χ0) is 21.9. The summed E-state index contributed by atoms with van der Waals surface area (Å²) in [6.07, 6.45) is 2.04. The molecule has 3 rings (SSSR count). The first-order chi connectivity index (χ1) is 14.3. The van der Waals surface area contributed by atoms with Crippen molar-refractivity contribution in [1.82, 2.24) is 14.6 Å². The van der Waals surface area contributed by atoms with Crippen LogP contribution in [0, 0.1) is 12.8 Å². The van der Waals surface area contributed by atoms with Gasteiger partial charge in [-0.2, -0.15) is 4.31 Å². The molecule has 1 fully saturated rings. The highest BCUT2D eigenvalue weighted by atomic mass is 32.2. The van der Waals surface area contributed by atoms with Crippen molar-refractivity contribution in [3.63, 3.8) is 0 Å². The number of hydrogen-bond donors (Lipinski definition) is 1. The van der Waals surface area contributed by atoms with E-state index < -0.39 is 15.9 Å². The summed E-state index contributed by atoms with van der Waals surface area (Å²) < 4.78 is 32.1. The molecule has 1 saturated heterocycles. The lowest BCUT2D eigenvalue weighted by atomic mass is 9.98. The van der Waals surface area contributed by atoms with Gasteiger partial charge in [0.05, 0.1) is 10.5 Å². The summed E-state index contributed by atoms with van der Waals surface area (Å²) in [5, 5.41) is 10.1. The smallest absolute Gasteiger partial charge is 0.259 e. The van der Waals surface area contributed by atoms with Crippen LogP contribution >= 0.6 is 0 Å². The molecule has 1 aliphatic heterocycles. The molecule has 0 bridgehead atoms. The van der Waals surface area contributed by atoms with Gasteiger partial charge in [-0.15, -0.1) is 0 Å². The maximum Gasteiger partial charge on any atom is 0.259 e. The predicted molar refractivity (Wildman–Crippen MR) is 114 cm³/mol. The average molecular weight is 436 g/mol. The van der Waals surface area contributed by atoms with E-state index in [0.717, 1.165) is 25.9 Å². The van der Waals surface area contributed by atoms with E-state index in [0.29, 0.717) is 36.0 Å². The van der Waals surface area contributed by atoms with Crippen LogP contribution in [0.25, 0.3) is 0 Å². The topological polar surface area (TPSA) is 109 Å². The SMILES string of the molecule is CCN(CC)S(=O)(=O)c1ccc(N2CCC(C)CC2)c(C(=O)Nc2nonc2C)c1. The monoisotopic (exact) mass is 435 g/mol. The Hall–Kier alpha value is -2.46. The van der Waals surface area contributed by atoms with Crippen molar-refractivity contribution >= 4 is 27.4 Å². The third kappa shape index (κ3) is 4.49. The summed E-state index contributed by atoms with van der Waals surface area (Å²) in [5.41, 5.74) is 1.45. The van der Waals surface area contributed by atoms with E-state index >= 15 is 0 Å². The van der Waals surface area contributed by atoms with Gasteiger partial charge in [0, 0.05) is 31.9 Å². The molecular weight excluding hydrogens is 406 g/mol. The third-order valence-corrected chi connectivity index (χ3v) is 7.61. The molecule has 1 aliphatic rings. The molecule has 0 unspecified atom stereocenters. The van der Waals surface area contributed by atoms with Gasteiger partial charge in [-0.25, -0.2) is 13.0 Å². The number of piperidine rings is 1. The number of aromatic nitrogens is 2. The van der Waals surface area contributed by atoms with E-state index in [1.165, 1.54) is 10.4 Å². The minimum absolute atomic E-state index is 0.0977. The second-order valence-corrected chi connectivity index (χ2v) is 9.53. The number of aryl methyl sites for hydroxylation is 1. The van der Waals surface area contributed by atoms with E-state index in [9.17, 15) is 13.2 Å². The molecule has 164 valence electrons. The van der Waals surface area contributed by atoms with Crippen molar-refractivity contribution in [2.45, 2.75) is 45.4 Å². The number of carbonyl (C=O) groups is 1. The Labute approximate surface area is 177 Å². The molecular formula is C20H29N5O4S. The lowest BCUT2D eigenvalue weighted by molar-refractivity contribution is 0.102. The van der Waals surface area contributed by atoms with Crippen molar-refractivity contribution in [1.29, 1.82) is 0 Å². The molecule has 0 atom stereocenters. The highest BCUT2D eigenvalue weighted by Gasteiger charge is 2.27. The highest BCUT2D eigenvalue weighted by Crippen LogP contribution is 2.30. The summed E-state index contributed by atoms with van der Waals surface area (Å²) in [6.45, 7) is 9.80. The quantitative estimate of drug-likeness (QED) is 0.712. The number of hydrogen-bond acceptors (Lipinski definition) is 7. The fourth-order valence-electron chi connectivity index (χ4n) is 3.62. The first-order valence-electron chi connectivity index (χ1n) is 10.3. The number of carbonyl (C=O) groups excluding carboxylic acids is 1. The van der Waals surface area contributed by atoms with Gasteiger partial charge in [0.2, 0.25) is 15.8 Å². The predicted octanol–water partition coefficient (Wildman–Crippen LogP) is 2.90. The van der Waals surface area contributed by atoms with Crippen molar-refractivity contribution in [2.75, 3.05) is 36.4 Å². The molecule has 10 heteroatoms. The molecule has 2 aromatic rings. The maximum atomic E-state index is 13.1. The van der Waals surface area contributed by atoms with E-state index in [-0.39, 0.29) is 10.7 Å². The van der Waals surface area contributed by atoms with Crippen LogP contribution in [-0.2, 0) is 10.0 Å². The summed E-state index contributed by atoms with van der Waals surface area (Å²) in [5.74, 6) is 0.402. The Bertz CT molecular complexity index is 992. The van der Waals surface area contributed by atoms with Crippen molar-refractivity contribution in [3.05, 3.63) is 29.5 Å². The van der Waals surface area contributed by atoms with Crippen molar-refractivity contribution < 1.29 is 17.8 Å². The summed E-state index contributed by atoms with van der Waals surface area (Å²) in [7, 11) is -3.70. The molecule has 2 heterocycles. The van der Waals surface area contributed by atoms with Crippen LogP contribution in [0.15, 0.2) is 27.7 Å². The van der Waals surface area contributed by atoms with Gasteiger partial charge in [-0.3, -0.25) is 4.79 Å². The molecule has 1 aromatic heterocycles. The molecule has 0 aliphatic carbocycles. The molecule has 1 aromatic carbocycles. The average Bonchev–Trinajstić information content (AvgIpc) is 3.13. The highest BCUT2D eigenvalue weighted by molar-refractivity contribution is 7.89. The normalized spacial score (nSPS) is 15.6. The van der Waals surface area contributed by atoms with Crippen LogP contribution in [0.5, 0.6) is 0 Å². The first-order valence-corrected chi connectivity index (χ1v) is 11.7. The fraction of sp³-hybridized carbons (Fsp3) is 0.550. The van der Waals surface area contributed by atoms with Crippen molar-refractivity contribution in [3.8, 4) is 0 Å². The molecule has 0 radical (unpaired) electrons. The number of rotatable bonds is 7. The number of benzene rings is 1. The zero-order valence-corrected chi connectivity index (χ0v) is 18.7. The lowest BCUT2D eigenvalue weighted by Crippen LogP contribution is -2.35. The molecule has 0 saturated carbocycles. The van der Waals surface area contributed by atoms with Gasteiger partial charge in [-0.1, -0.05) is 25.9 Å². The Morgan fingerprint density at radius 3 is 2.47 bits per heavy atom. The van der Waals surface area contributed by atoms with Gasteiger partial charge < -0.3 is 10.2 Å². The minimum Gasteiger partial charge on any atom is -0.371 e. The van der Waals surface area contributed by atoms with Gasteiger partial charge in [-0.05, 0) is 49.0 Å². The Morgan fingerprint density at radius 1 is 1.23 bits per heavy atom. The van der Waals surface area contributed by atoms with Crippen LogP contribution in [-0.4, -0.2) is 55.1 Å². The Kier molecular flexibility index (Phi) is 6.77. The summed E-state index contributed by atoms with van der Waals surface area (Å²) in [4.78, 5) is 15.4. The van der Waals surface area contributed by atoms with Crippen LogP contribution in [0.4, 0.5) is 11.5 Å². The van der Waals surface area contributed by atoms with Gasteiger partial charge in [0.15, 0.2) is 0 Å². The number of amides is 1. The second kappa shape index (κ2) is 9.13. The van der Waals surface area contributed by atoms with Crippen LogP contribution in [0.1, 0.15) is 49.7 Å². The lowest BCUT2D eigenvalue weighted by Gasteiger charge is -2.33. The van der Waals surface area contributed by atoms with Gasteiger partial charge in [0.25, 0.3) is 5.91 Å². The standard InChI is InChI=1S/C20H29N5O4S/c1-5-25(6-2)30(27,28)16-7-8-18(24-11-9-14(3)10-12-24)17(13-16)20(26)21-19-15(4)22-29-23-19/h7-8,13-14H,5-6,9-12H2,1-4H3,(H,21,23,26). The molecule has 1 N–H and O–H groups in total. The van der Waals surface area contributed by atoms with Gasteiger partial charge in [0.1, 0.15) is 5.69 Å². The summed E-state index contributed by atoms with van der Waals surface area (Å²) in [6, 6.07) is 4.77. The zero-order valence-electron chi connectivity index (χ0n) is 17.9. The largest absolute Gasteiger partial charge is 0.371 e. The van der Waals surface area contributed by atoms with Crippen LogP contribution < -0.4 is 10.2 Å². The van der Waals surface area contributed by atoms with E-state index in [2.05, 4.69) is 32.1 Å². The number of anilines is 2. The van der Waals surface area contributed by atoms with E-state index in [1.807, 2.05) is 0 Å². The Morgan fingerprint density at radius 2 is 1.90 bits per heavy atom. The maximum absolute atomic E-state index is 13.1. The van der Waals surface area contributed by atoms with E-state index in [1.54, 1.807) is 32.9 Å². The van der Waals surface area contributed by atoms with Crippen molar-refractivity contribution in [2.24, 2.45) is 5.92 Å². The number of nitrogens with zero attached hydrogens (tertiary/aromatic N) is 4. The molecule has 1 amide bonds. The van der Waals surface area contributed by atoms with Crippen LogP contribution in [0.2, 0.25) is 0 Å².